The second kappa shape index (κ2) is 8.91. The van der Waals surface area contributed by atoms with Crippen molar-refractivity contribution >= 4 is 23.2 Å². The lowest BCUT2D eigenvalue weighted by atomic mass is 9.73. The minimum Gasteiger partial charge on any atom is -0.369 e. The highest BCUT2D eigenvalue weighted by Crippen LogP contribution is 2.38. The predicted molar refractivity (Wildman–Crippen MR) is 115 cm³/mol. The monoisotopic (exact) mass is 398 g/mol. The van der Waals surface area contributed by atoms with Crippen LogP contribution in [-0.4, -0.2) is 29.8 Å². The molecule has 1 aliphatic heterocycles. The van der Waals surface area contributed by atoms with E-state index in [1.807, 2.05) is 23.1 Å². The zero-order chi connectivity index (χ0) is 20.1. The summed E-state index contributed by atoms with van der Waals surface area (Å²) >= 11 is 1.69. The Labute approximate surface area is 171 Å². The highest BCUT2D eigenvalue weighted by atomic mass is 32.1. The molecule has 1 aliphatic rings. The number of nitrogens with two attached hydrogens (primary N) is 1. The zero-order valence-electron chi connectivity index (χ0n) is 16.8. The molecule has 1 saturated heterocycles. The maximum Gasteiger partial charge on any atom is 0.225 e. The van der Waals surface area contributed by atoms with Crippen LogP contribution in [0.4, 0.5) is 0 Å². The van der Waals surface area contributed by atoms with Gasteiger partial charge in [-0.15, -0.1) is 11.3 Å². The maximum absolute atomic E-state index is 13.0. The molecule has 0 saturated carbocycles. The number of hydrogen-bond acceptors (Lipinski definition) is 3. The van der Waals surface area contributed by atoms with Crippen molar-refractivity contribution < 1.29 is 9.59 Å². The lowest BCUT2D eigenvalue weighted by Crippen LogP contribution is -2.54. The van der Waals surface area contributed by atoms with Crippen molar-refractivity contribution in [3.63, 3.8) is 0 Å². The van der Waals surface area contributed by atoms with Gasteiger partial charge in [0.05, 0.1) is 5.41 Å². The third-order valence-electron chi connectivity index (χ3n) is 6.08. The normalized spacial score (nSPS) is 19.8. The summed E-state index contributed by atoms with van der Waals surface area (Å²) in [5, 5.41) is 2.06. The number of amides is 2. The van der Waals surface area contributed by atoms with Crippen molar-refractivity contribution in [3.8, 4) is 10.4 Å². The average molecular weight is 399 g/mol. The first-order valence-electron chi connectivity index (χ1n) is 10.2. The van der Waals surface area contributed by atoms with Gasteiger partial charge >= 0.3 is 0 Å². The van der Waals surface area contributed by atoms with Gasteiger partial charge in [-0.1, -0.05) is 44.2 Å². The smallest absolute Gasteiger partial charge is 0.225 e. The number of carbonyl (C=O) groups excluding carboxylic acids is 2. The minimum atomic E-state index is -0.701. The van der Waals surface area contributed by atoms with Crippen LogP contribution in [0, 0.1) is 11.3 Å². The van der Waals surface area contributed by atoms with E-state index in [4.69, 9.17) is 5.73 Å². The Morgan fingerprint density at radius 1 is 1.18 bits per heavy atom. The molecule has 5 heteroatoms. The SMILES string of the molecule is CCC(CC)C(=O)N1CCC[C@@](Cc2ccccc2-c2cccs2)(C(N)=O)C1. The highest BCUT2D eigenvalue weighted by molar-refractivity contribution is 7.13. The molecule has 1 aromatic carbocycles. The fraction of sp³-hybridized carbons (Fsp3) is 0.478. The number of hydrogen-bond donors (Lipinski definition) is 1. The van der Waals surface area contributed by atoms with Gasteiger partial charge in [-0.2, -0.15) is 0 Å². The van der Waals surface area contributed by atoms with E-state index >= 15 is 0 Å². The van der Waals surface area contributed by atoms with Crippen molar-refractivity contribution in [1.29, 1.82) is 0 Å². The van der Waals surface area contributed by atoms with Crippen LogP contribution in [0.2, 0.25) is 0 Å². The number of likely N-dealkylation sites (tertiary alicyclic amines) is 1. The van der Waals surface area contributed by atoms with Gasteiger partial charge in [-0.25, -0.2) is 0 Å². The van der Waals surface area contributed by atoms with E-state index < -0.39 is 5.41 Å². The zero-order valence-corrected chi connectivity index (χ0v) is 17.6. The van der Waals surface area contributed by atoms with Crippen molar-refractivity contribution in [3.05, 3.63) is 47.3 Å². The summed E-state index contributed by atoms with van der Waals surface area (Å²) in [6.07, 6.45) is 3.78. The van der Waals surface area contributed by atoms with Gasteiger partial charge in [0, 0.05) is 23.9 Å². The average Bonchev–Trinajstić information content (AvgIpc) is 3.24. The molecule has 150 valence electrons. The number of rotatable bonds is 7. The number of carbonyl (C=O) groups is 2. The lowest BCUT2D eigenvalue weighted by Gasteiger charge is -2.42. The molecule has 4 nitrogen and oxygen atoms in total. The summed E-state index contributed by atoms with van der Waals surface area (Å²) in [6.45, 7) is 5.25. The van der Waals surface area contributed by atoms with Gasteiger partial charge in [0.1, 0.15) is 0 Å². The first kappa shape index (κ1) is 20.6. The fourth-order valence-corrected chi connectivity index (χ4v) is 5.15. The Morgan fingerprint density at radius 3 is 2.57 bits per heavy atom. The van der Waals surface area contributed by atoms with E-state index in [9.17, 15) is 9.59 Å². The topological polar surface area (TPSA) is 63.4 Å². The fourth-order valence-electron chi connectivity index (χ4n) is 4.36. The Balaban J connectivity index is 1.90. The lowest BCUT2D eigenvalue weighted by molar-refractivity contribution is -0.143. The van der Waals surface area contributed by atoms with E-state index in [2.05, 4.69) is 37.4 Å². The van der Waals surface area contributed by atoms with Crippen LogP contribution >= 0.6 is 11.3 Å². The van der Waals surface area contributed by atoms with Gasteiger partial charge in [0.2, 0.25) is 11.8 Å². The first-order valence-corrected chi connectivity index (χ1v) is 11.1. The van der Waals surface area contributed by atoms with E-state index in [0.717, 1.165) is 43.4 Å². The van der Waals surface area contributed by atoms with Crippen molar-refractivity contribution in [2.24, 2.45) is 17.1 Å². The molecule has 1 fully saturated rings. The Kier molecular flexibility index (Phi) is 6.55. The first-order chi connectivity index (χ1) is 13.5. The molecule has 1 aromatic heterocycles. The van der Waals surface area contributed by atoms with E-state index in [1.165, 1.54) is 4.88 Å². The summed E-state index contributed by atoms with van der Waals surface area (Å²) in [7, 11) is 0. The summed E-state index contributed by atoms with van der Waals surface area (Å²) in [5.41, 5.74) is 7.53. The number of primary amides is 1. The molecule has 0 unspecified atom stereocenters. The van der Waals surface area contributed by atoms with E-state index in [-0.39, 0.29) is 17.7 Å². The van der Waals surface area contributed by atoms with E-state index in [0.29, 0.717) is 13.0 Å². The highest BCUT2D eigenvalue weighted by Gasteiger charge is 2.43. The summed E-state index contributed by atoms with van der Waals surface area (Å²) in [6, 6.07) is 12.4. The van der Waals surface area contributed by atoms with Crippen LogP contribution in [0.15, 0.2) is 41.8 Å². The van der Waals surface area contributed by atoms with Crippen LogP contribution < -0.4 is 5.73 Å². The molecule has 2 aromatic rings. The third kappa shape index (κ3) is 4.14. The Hall–Kier alpha value is -2.14. The maximum atomic E-state index is 13.0. The molecular weight excluding hydrogens is 368 g/mol. The Morgan fingerprint density at radius 2 is 1.93 bits per heavy atom. The number of piperidine rings is 1. The van der Waals surface area contributed by atoms with Gasteiger partial charge in [-0.3, -0.25) is 9.59 Å². The predicted octanol–water partition coefficient (Wildman–Crippen LogP) is 4.49. The second-order valence-corrected chi connectivity index (χ2v) is 8.78. The van der Waals surface area contributed by atoms with Crippen LogP contribution in [0.25, 0.3) is 10.4 Å². The Bertz CT molecular complexity index is 814. The largest absolute Gasteiger partial charge is 0.369 e. The number of thiophene rings is 1. The van der Waals surface area contributed by atoms with Gasteiger partial charge in [0.15, 0.2) is 0 Å². The molecule has 28 heavy (non-hydrogen) atoms. The summed E-state index contributed by atoms with van der Waals surface area (Å²) in [4.78, 5) is 28.7. The van der Waals surface area contributed by atoms with Crippen LogP contribution in [-0.2, 0) is 16.0 Å². The quantitative estimate of drug-likeness (QED) is 0.747. The number of benzene rings is 1. The van der Waals surface area contributed by atoms with Crippen molar-refractivity contribution in [2.75, 3.05) is 13.1 Å². The van der Waals surface area contributed by atoms with Crippen LogP contribution in [0.3, 0.4) is 0 Å². The molecule has 0 bridgehead atoms. The minimum absolute atomic E-state index is 0.0297. The third-order valence-corrected chi connectivity index (χ3v) is 6.98. The molecule has 0 radical (unpaired) electrons. The van der Waals surface area contributed by atoms with Crippen LogP contribution in [0.5, 0.6) is 0 Å². The standard InChI is InChI=1S/C23H30N2O2S/c1-3-17(4-2)21(26)25-13-8-12-23(16-25,22(24)27)15-18-9-5-6-10-19(18)20-11-7-14-28-20/h5-7,9-11,14,17H,3-4,8,12-13,15-16H2,1-2H3,(H2,24,27)/t23-/m0/s1. The molecule has 1 atom stereocenters. The van der Waals surface area contributed by atoms with E-state index in [1.54, 1.807) is 11.3 Å². The van der Waals surface area contributed by atoms with Crippen molar-refractivity contribution in [1.82, 2.24) is 4.90 Å². The van der Waals surface area contributed by atoms with Crippen molar-refractivity contribution in [2.45, 2.75) is 46.0 Å². The summed E-state index contributed by atoms with van der Waals surface area (Å²) in [5.74, 6) is -0.0977. The molecule has 2 heterocycles. The molecule has 0 aliphatic carbocycles. The molecule has 0 spiro atoms. The number of nitrogens with zero attached hydrogens (tertiary/aromatic N) is 1. The second-order valence-electron chi connectivity index (χ2n) is 7.83. The van der Waals surface area contributed by atoms with Gasteiger partial charge in [0.25, 0.3) is 0 Å². The van der Waals surface area contributed by atoms with Gasteiger partial charge in [-0.05, 0) is 54.7 Å². The molecule has 2 N–H and O–H groups in total. The molecular formula is C23H30N2O2S. The summed E-state index contributed by atoms with van der Waals surface area (Å²) < 4.78 is 0. The molecule has 2 amide bonds. The van der Waals surface area contributed by atoms with Gasteiger partial charge < -0.3 is 10.6 Å². The van der Waals surface area contributed by atoms with Crippen LogP contribution in [0.1, 0.15) is 45.1 Å². The molecule has 3 rings (SSSR count).